The van der Waals surface area contributed by atoms with Crippen molar-refractivity contribution in [1.29, 1.82) is 0 Å². The minimum absolute atomic E-state index is 0.345. The molecule has 3 heteroatoms. The Kier molecular flexibility index (Phi) is 24.1. The van der Waals surface area contributed by atoms with Gasteiger partial charge in [-0.3, -0.25) is 4.79 Å². The summed E-state index contributed by atoms with van der Waals surface area (Å²) in [4.78, 5) is 10.3. The second-order valence-corrected chi connectivity index (χ2v) is 8.97. The van der Waals surface area contributed by atoms with E-state index in [1.54, 1.807) is 0 Å². The van der Waals surface area contributed by atoms with Crippen molar-refractivity contribution in [2.24, 2.45) is 0 Å². The van der Waals surface area contributed by atoms with Crippen molar-refractivity contribution in [3.63, 3.8) is 0 Å². The summed E-state index contributed by atoms with van der Waals surface area (Å²) < 4.78 is 0.951. The zero-order valence-electron chi connectivity index (χ0n) is 20.1. The lowest BCUT2D eigenvalue weighted by molar-refractivity contribution is -0.878. The van der Waals surface area contributed by atoms with Crippen LogP contribution in [0.15, 0.2) is 25.3 Å². The molecular weight excluding hydrogens is 358 g/mol. The topological polar surface area (TPSA) is 37.3 Å². The molecule has 1 N–H and O–H groups in total. The summed E-state index contributed by atoms with van der Waals surface area (Å²) in [5.74, 6) is -0.653. The zero-order valence-corrected chi connectivity index (χ0v) is 20.1. The van der Waals surface area contributed by atoms with Gasteiger partial charge in [0.25, 0.3) is 0 Å². The van der Waals surface area contributed by atoms with E-state index in [2.05, 4.69) is 34.2 Å². The summed E-state index contributed by atoms with van der Waals surface area (Å²) in [5.41, 5.74) is 0. The van der Waals surface area contributed by atoms with Gasteiger partial charge in [-0.2, -0.15) is 0 Å². The SMILES string of the molecule is C=CC[N+](C)(C)CC=C.CCCCCCCCCCCCCCCCCC(=O)O. The van der Waals surface area contributed by atoms with Gasteiger partial charge in [0.05, 0.1) is 27.2 Å². The van der Waals surface area contributed by atoms with E-state index in [-0.39, 0.29) is 0 Å². The summed E-state index contributed by atoms with van der Waals surface area (Å²) in [6.45, 7) is 11.6. The maximum Gasteiger partial charge on any atom is 0.303 e. The molecule has 0 saturated carbocycles. The van der Waals surface area contributed by atoms with Crippen molar-refractivity contribution >= 4 is 5.97 Å². The van der Waals surface area contributed by atoms with Crippen LogP contribution in [-0.2, 0) is 4.79 Å². The molecule has 0 amide bonds. The Morgan fingerprint density at radius 3 is 1.28 bits per heavy atom. The Morgan fingerprint density at radius 1 is 0.690 bits per heavy atom. The van der Waals surface area contributed by atoms with Gasteiger partial charge in [0.1, 0.15) is 0 Å². The summed E-state index contributed by atoms with van der Waals surface area (Å²) >= 11 is 0. The van der Waals surface area contributed by atoms with E-state index >= 15 is 0 Å². The number of quaternary nitrogens is 1. The van der Waals surface area contributed by atoms with Crippen molar-refractivity contribution in [3.8, 4) is 0 Å². The molecule has 0 aromatic rings. The normalized spacial score (nSPS) is 10.9. The van der Waals surface area contributed by atoms with E-state index in [1.807, 2.05) is 12.2 Å². The van der Waals surface area contributed by atoms with Gasteiger partial charge in [-0.25, -0.2) is 0 Å². The Labute approximate surface area is 182 Å². The fourth-order valence-corrected chi connectivity index (χ4v) is 3.42. The van der Waals surface area contributed by atoms with Gasteiger partial charge in [-0.05, 0) is 18.6 Å². The largest absolute Gasteiger partial charge is 0.481 e. The molecule has 0 aromatic heterocycles. The molecule has 0 aliphatic carbocycles. The number of carboxylic acids is 1. The fourth-order valence-electron chi connectivity index (χ4n) is 3.42. The minimum Gasteiger partial charge on any atom is -0.481 e. The van der Waals surface area contributed by atoms with Crippen LogP contribution in [0.3, 0.4) is 0 Å². The molecule has 0 unspecified atom stereocenters. The molecule has 0 aliphatic rings. The Balaban J connectivity index is 0. The fraction of sp³-hybridized carbons (Fsp3) is 0.808. The van der Waals surface area contributed by atoms with Gasteiger partial charge in [0.15, 0.2) is 0 Å². The molecule has 0 rings (SSSR count). The van der Waals surface area contributed by atoms with Gasteiger partial charge in [0.2, 0.25) is 0 Å². The van der Waals surface area contributed by atoms with Crippen LogP contribution in [-0.4, -0.2) is 42.7 Å². The minimum atomic E-state index is -0.653. The molecular formula is C26H52NO2+. The number of aliphatic carboxylic acids is 1. The van der Waals surface area contributed by atoms with Crippen LogP contribution in [0, 0.1) is 0 Å². The predicted molar refractivity (Wildman–Crippen MR) is 129 cm³/mol. The molecule has 0 atom stereocenters. The van der Waals surface area contributed by atoms with Crippen molar-refractivity contribution in [3.05, 3.63) is 25.3 Å². The molecule has 0 bridgehead atoms. The van der Waals surface area contributed by atoms with Crippen molar-refractivity contribution in [1.82, 2.24) is 0 Å². The average Bonchev–Trinajstić information content (AvgIpc) is 2.65. The summed E-state index contributed by atoms with van der Waals surface area (Å²) in [5, 5.41) is 8.52. The smallest absolute Gasteiger partial charge is 0.303 e. The lowest BCUT2D eigenvalue weighted by Crippen LogP contribution is -2.39. The second kappa shape index (κ2) is 23.2. The first-order valence-corrected chi connectivity index (χ1v) is 12.1. The van der Waals surface area contributed by atoms with E-state index in [4.69, 9.17) is 5.11 Å². The number of hydrogen-bond acceptors (Lipinski definition) is 1. The van der Waals surface area contributed by atoms with Crippen LogP contribution in [0.4, 0.5) is 0 Å². The highest BCUT2D eigenvalue weighted by atomic mass is 16.4. The molecule has 29 heavy (non-hydrogen) atoms. The first kappa shape index (κ1) is 30.1. The highest BCUT2D eigenvalue weighted by molar-refractivity contribution is 5.66. The van der Waals surface area contributed by atoms with Crippen LogP contribution in [0.2, 0.25) is 0 Å². The van der Waals surface area contributed by atoms with E-state index in [1.165, 1.54) is 83.5 Å². The lowest BCUT2D eigenvalue weighted by Gasteiger charge is -2.26. The Morgan fingerprint density at radius 2 is 1.00 bits per heavy atom. The molecule has 0 radical (unpaired) electrons. The molecule has 0 heterocycles. The third kappa shape index (κ3) is 29.2. The number of hydrogen-bond donors (Lipinski definition) is 1. The van der Waals surface area contributed by atoms with Gasteiger partial charge in [-0.1, -0.05) is 110 Å². The van der Waals surface area contributed by atoms with E-state index in [0.29, 0.717) is 6.42 Å². The average molecular weight is 411 g/mol. The maximum absolute atomic E-state index is 10.3. The molecule has 3 nitrogen and oxygen atoms in total. The zero-order chi connectivity index (χ0) is 22.2. The number of nitrogens with zero attached hydrogens (tertiary/aromatic N) is 1. The first-order valence-electron chi connectivity index (χ1n) is 12.1. The number of carboxylic acid groups (broad SMARTS) is 1. The second-order valence-electron chi connectivity index (χ2n) is 8.97. The van der Waals surface area contributed by atoms with Gasteiger partial charge in [-0.15, -0.1) is 0 Å². The van der Waals surface area contributed by atoms with Crippen molar-refractivity contribution in [2.75, 3.05) is 27.2 Å². The summed E-state index contributed by atoms with van der Waals surface area (Å²) in [6.07, 6.45) is 24.1. The molecule has 0 fully saturated rings. The monoisotopic (exact) mass is 410 g/mol. The maximum atomic E-state index is 10.3. The van der Waals surface area contributed by atoms with Crippen LogP contribution in [0.1, 0.15) is 110 Å². The predicted octanol–water partition coefficient (Wildman–Crippen LogP) is 7.77. The number of rotatable bonds is 20. The van der Waals surface area contributed by atoms with Crippen LogP contribution >= 0.6 is 0 Å². The van der Waals surface area contributed by atoms with Gasteiger partial charge >= 0.3 is 5.97 Å². The lowest BCUT2D eigenvalue weighted by atomic mass is 10.0. The van der Waals surface area contributed by atoms with E-state index in [9.17, 15) is 4.79 Å². The molecule has 0 aromatic carbocycles. The Hall–Kier alpha value is -1.09. The van der Waals surface area contributed by atoms with Gasteiger partial charge < -0.3 is 9.59 Å². The first-order chi connectivity index (χ1) is 13.9. The van der Waals surface area contributed by atoms with Crippen molar-refractivity contribution < 1.29 is 14.4 Å². The molecule has 0 saturated heterocycles. The number of likely N-dealkylation sites (N-methyl/N-ethyl adjacent to an activating group) is 1. The highest BCUT2D eigenvalue weighted by Crippen LogP contribution is 2.13. The Bertz CT molecular complexity index is 365. The summed E-state index contributed by atoms with van der Waals surface area (Å²) in [6, 6.07) is 0. The molecule has 0 aliphatic heterocycles. The third-order valence-corrected chi connectivity index (χ3v) is 5.24. The third-order valence-electron chi connectivity index (χ3n) is 5.24. The summed E-state index contributed by atoms with van der Waals surface area (Å²) in [7, 11) is 4.31. The quantitative estimate of drug-likeness (QED) is 0.126. The van der Waals surface area contributed by atoms with Crippen LogP contribution < -0.4 is 0 Å². The van der Waals surface area contributed by atoms with Crippen LogP contribution in [0.25, 0.3) is 0 Å². The molecule has 0 spiro atoms. The number of unbranched alkanes of at least 4 members (excludes halogenated alkanes) is 14. The standard InChI is InChI=1S/C18H36O2.C8H16N/c1-2-3-4-5-6-7-8-9-10-11-12-13-14-15-16-17-18(19)20;1-5-7-9(3,4)8-6-2/h2-17H2,1H3,(H,19,20);5-6H,1-2,7-8H2,3-4H3/q;+1. The van der Waals surface area contributed by atoms with E-state index in [0.717, 1.165) is 30.4 Å². The molecule has 172 valence electrons. The van der Waals surface area contributed by atoms with Crippen LogP contribution in [0.5, 0.6) is 0 Å². The highest BCUT2D eigenvalue weighted by Gasteiger charge is 2.07. The van der Waals surface area contributed by atoms with Gasteiger partial charge in [0, 0.05) is 6.42 Å². The number of carbonyl (C=O) groups is 1. The van der Waals surface area contributed by atoms with E-state index < -0.39 is 5.97 Å². The van der Waals surface area contributed by atoms with Crippen molar-refractivity contribution in [2.45, 2.75) is 110 Å².